The first kappa shape index (κ1) is 25.5. The van der Waals surface area contributed by atoms with Gasteiger partial charge in [-0.1, -0.05) is 34.1 Å². The summed E-state index contributed by atoms with van der Waals surface area (Å²) in [6.07, 6.45) is 2.30. The number of amides is 2. The molecule has 36 heavy (non-hydrogen) atoms. The van der Waals surface area contributed by atoms with E-state index in [0.717, 1.165) is 23.0 Å². The van der Waals surface area contributed by atoms with Crippen molar-refractivity contribution >= 4 is 33.7 Å². The molecule has 0 bridgehead atoms. The first-order valence-corrected chi connectivity index (χ1v) is 12.1. The molecule has 188 valence electrons. The van der Waals surface area contributed by atoms with Crippen LogP contribution in [-0.4, -0.2) is 41.8 Å². The van der Waals surface area contributed by atoms with E-state index in [4.69, 9.17) is 20.9 Å². The normalized spacial score (nSPS) is 14.7. The van der Waals surface area contributed by atoms with E-state index in [0.29, 0.717) is 30.0 Å². The first-order chi connectivity index (χ1) is 17.3. The molecule has 1 unspecified atom stereocenters. The van der Waals surface area contributed by atoms with E-state index in [1.165, 1.54) is 12.1 Å². The number of nitrogens with one attached hydrogen (secondary N) is 1. The molecule has 1 atom stereocenters. The van der Waals surface area contributed by atoms with Gasteiger partial charge in [0.2, 0.25) is 0 Å². The number of carbonyl (C=O) groups is 2. The number of aromatic nitrogens is 2. The molecule has 11 heteroatoms. The van der Waals surface area contributed by atoms with Crippen molar-refractivity contribution in [1.82, 2.24) is 15.3 Å². The zero-order valence-corrected chi connectivity index (χ0v) is 20.8. The van der Waals surface area contributed by atoms with Crippen molar-refractivity contribution < 1.29 is 23.5 Å². The molecule has 0 aliphatic carbocycles. The van der Waals surface area contributed by atoms with Gasteiger partial charge in [-0.2, -0.15) is 0 Å². The molecule has 1 aromatic heterocycles. The summed E-state index contributed by atoms with van der Waals surface area (Å²) >= 11 is 3.37. The lowest BCUT2D eigenvalue weighted by atomic mass is 9.96. The van der Waals surface area contributed by atoms with E-state index >= 15 is 4.39 Å². The highest BCUT2D eigenvalue weighted by molar-refractivity contribution is 9.10. The minimum Gasteiger partial charge on any atom is -0.447 e. The van der Waals surface area contributed by atoms with Crippen LogP contribution < -0.4 is 16.8 Å². The Morgan fingerprint density at radius 1 is 1.22 bits per heavy atom. The number of rotatable bonds is 7. The number of halogens is 2. The summed E-state index contributed by atoms with van der Waals surface area (Å²) in [6, 6.07) is 10.4. The van der Waals surface area contributed by atoms with Crippen LogP contribution in [0.2, 0.25) is 0 Å². The van der Waals surface area contributed by atoms with Crippen molar-refractivity contribution in [2.75, 3.05) is 25.6 Å². The quantitative estimate of drug-likeness (QED) is 0.397. The summed E-state index contributed by atoms with van der Waals surface area (Å²) in [7, 11) is 0. The molecule has 4 rings (SSSR count). The largest absolute Gasteiger partial charge is 0.447 e. The van der Waals surface area contributed by atoms with Crippen LogP contribution in [0.5, 0.6) is 0 Å². The number of primary amides is 1. The maximum absolute atomic E-state index is 15.1. The monoisotopic (exact) mass is 557 g/mol. The third kappa shape index (κ3) is 6.16. The second kappa shape index (κ2) is 11.4. The van der Waals surface area contributed by atoms with Crippen LogP contribution in [0, 0.1) is 5.82 Å². The lowest BCUT2D eigenvalue weighted by Gasteiger charge is -2.22. The Bertz CT molecular complexity index is 1270. The molecule has 1 fully saturated rings. The number of nitrogen functional groups attached to an aromatic ring is 1. The summed E-state index contributed by atoms with van der Waals surface area (Å²) in [4.78, 5) is 33.0. The molecular formula is C25H25BrFN5O4. The average molecular weight is 558 g/mol. The second-order valence-electron chi connectivity index (χ2n) is 8.32. The standard InChI is InChI=1S/C25H25BrFN5O4/c26-17-3-1-2-15(10-17)21(13-36-25(29)34)32-24(33)18-5-4-16(11-19(18)27)22-23(28)30-12-20(31-22)14-6-8-35-9-7-14/h1-5,10-12,14,21H,6-9,13H2,(H2,28,30)(H2,29,34)(H,32,33). The summed E-state index contributed by atoms with van der Waals surface area (Å²) in [5, 5.41) is 2.70. The number of ether oxygens (including phenoxy) is 2. The smallest absolute Gasteiger partial charge is 0.404 e. The number of nitrogens with zero attached hydrogens (tertiary/aromatic N) is 2. The van der Waals surface area contributed by atoms with Gasteiger partial charge in [0.25, 0.3) is 5.91 Å². The molecule has 1 aliphatic heterocycles. The minimum absolute atomic E-state index is 0.167. The third-order valence-corrected chi connectivity index (χ3v) is 6.39. The Hall–Kier alpha value is -3.57. The van der Waals surface area contributed by atoms with Gasteiger partial charge in [0.05, 0.1) is 23.5 Å². The molecular weight excluding hydrogens is 533 g/mol. The van der Waals surface area contributed by atoms with Crippen molar-refractivity contribution in [2.24, 2.45) is 5.73 Å². The maximum Gasteiger partial charge on any atom is 0.404 e. The molecule has 0 spiro atoms. The van der Waals surface area contributed by atoms with Crippen LogP contribution in [0.15, 0.2) is 53.1 Å². The number of benzene rings is 2. The van der Waals surface area contributed by atoms with Gasteiger partial charge in [0.15, 0.2) is 0 Å². The van der Waals surface area contributed by atoms with Crippen molar-refractivity contribution in [1.29, 1.82) is 0 Å². The number of carbonyl (C=O) groups excluding carboxylic acids is 2. The van der Waals surface area contributed by atoms with Crippen LogP contribution in [0.4, 0.5) is 15.0 Å². The summed E-state index contributed by atoms with van der Waals surface area (Å²) in [6.45, 7) is 1.08. The SMILES string of the molecule is NC(=O)OCC(NC(=O)c1ccc(-c2nc(C3CCOCC3)cnc2N)cc1F)c1cccc(Br)c1. The van der Waals surface area contributed by atoms with Gasteiger partial charge < -0.3 is 26.3 Å². The molecule has 1 saturated heterocycles. The molecule has 0 saturated carbocycles. The van der Waals surface area contributed by atoms with Gasteiger partial charge in [0, 0.05) is 29.2 Å². The van der Waals surface area contributed by atoms with Crippen molar-refractivity contribution in [3.05, 3.63) is 75.8 Å². The molecule has 0 radical (unpaired) electrons. The fourth-order valence-electron chi connectivity index (χ4n) is 4.01. The molecule has 5 N–H and O–H groups in total. The van der Waals surface area contributed by atoms with Crippen molar-refractivity contribution in [2.45, 2.75) is 24.8 Å². The Balaban J connectivity index is 1.56. The van der Waals surface area contributed by atoms with E-state index in [2.05, 4.69) is 31.2 Å². The zero-order valence-electron chi connectivity index (χ0n) is 19.2. The van der Waals surface area contributed by atoms with Crippen LogP contribution in [-0.2, 0) is 9.47 Å². The minimum atomic E-state index is -0.985. The summed E-state index contributed by atoms with van der Waals surface area (Å²) < 4.78 is 26.2. The molecule has 2 amide bonds. The molecule has 1 aliphatic rings. The van der Waals surface area contributed by atoms with E-state index in [1.807, 2.05) is 0 Å². The highest BCUT2D eigenvalue weighted by Gasteiger charge is 2.22. The Morgan fingerprint density at radius 3 is 2.69 bits per heavy atom. The molecule has 2 heterocycles. The Kier molecular flexibility index (Phi) is 8.11. The predicted octanol–water partition coefficient (Wildman–Crippen LogP) is 4.09. The third-order valence-electron chi connectivity index (χ3n) is 5.89. The molecule has 2 aromatic carbocycles. The van der Waals surface area contributed by atoms with Crippen LogP contribution in [0.25, 0.3) is 11.3 Å². The molecule has 3 aromatic rings. The van der Waals surface area contributed by atoms with Crippen LogP contribution in [0.3, 0.4) is 0 Å². The van der Waals surface area contributed by atoms with Gasteiger partial charge in [-0.25, -0.2) is 19.2 Å². The van der Waals surface area contributed by atoms with Gasteiger partial charge in [-0.3, -0.25) is 4.79 Å². The van der Waals surface area contributed by atoms with Crippen molar-refractivity contribution in [3.8, 4) is 11.3 Å². The van der Waals surface area contributed by atoms with Crippen molar-refractivity contribution in [3.63, 3.8) is 0 Å². The lowest BCUT2D eigenvalue weighted by Crippen LogP contribution is -2.33. The maximum atomic E-state index is 15.1. The Morgan fingerprint density at radius 2 is 2.00 bits per heavy atom. The summed E-state index contributed by atoms with van der Waals surface area (Å²) in [5.74, 6) is -1.09. The van der Waals surface area contributed by atoms with Crippen LogP contribution >= 0.6 is 15.9 Å². The Labute approximate surface area is 215 Å². The first-order valence-electron chi connectivity index (χ1n) is 11.3. The summed E-state index contributed by atoms with van der Waals surface area (Å²) in [5.41, 5.74) is 13.1. The van der Waals surface area contributed by atoms with E-state index in [1.54, 1.807) is 36.5 Å². The van der Waals surface area contributed by atoms with Gasteiger partial charge in [-0.15, -0.1) is 0 Å². The van der Waals surface area contributed by atoms with E-state index in [9.17, 15) is 9.59 Å². The number of hydrogen-bond acceptors (Lipinski definition) is 7. The number of hydrogen-bond donors (Lipinski definition) is 3. The predicted molar refractivity (Wildman–Crippen MR) is 135 cm³/mol. The fraction of sp³-hybridized carbons (Fsp3) is 0.280. The number of anilines is 1. The number of nitrogens with two attached hydrogens (primary N) is 2. The average Bonchev–Trinajstić information content (AvgIpc) is 2.87. The topological polar surface area (TPSA) is 142 Å². The zero-order chi connectivity index (χ0) is 25.7. The lowest BCUT2D eigenvalue weighted by molar-refractivity contribution is 0.0844. The highest BCUT2D eigenvalue weighted by atomic mass is 79.9. The van der Waals surface area contributed by atoms with Crippen LogP contribution in [0.1, 0.15) is 46.4 Å². The fourth-order valence-corrected chi connectivity index (χ4v) is 4.42. The molecule has 9 nitrogen and oxygen atoms in total. The van der Waals surface area contributed by atoms with Gasteiger partial charge in [0.1, 0.15) is 23.9 Å². The van der Waals surface area contributed by atoms with E-state index < -0.39 is 23.9 Å². The second-order valence-corrected chi connectivity index (χ2v) is 9.24. The van der Waals surface area contributed by atoms with E-state index in [-0.39, 0.29) is 23.9 Å². The van der Waals surface area contributed by atoms with Gasteiger partial charge >= 0.3 is 6.09 Å². The van der Waals surface area contributed by atoms with Gasteiger partial charge in [-0.05, 0) is 42.7 Å². The highest BCUT2D eigenvalue weighted by Crippen LogP contribution is 2.30.